The van der Waals surface area contributed by atoms with E-state index in [9.17, 15) is 56.3 Å². The highest BCUT2D eigenvalue weighted by Crippen LogP contribution is 2.32. The van der Waals surface area contributed by atoms with Crippen LogP contribution in [0.4, 0.5) is 39.5 Å². The van der Waals surface area contributed by atoms with E-state index in [2.05, 4.69) is 0 Å². The molecule has 0 aromatic heterocycles. The van der Waals surface area contributed by atoms with Crippen LogP contribution in [0.2, 0.25) is 0 Å². The van der Waals surface area contributed by atoms with Crippen LogP contribution >= 0.6 is 0 Å². The molecule has 0 radical (unpaired) electrons. The lowest BCUT2D eigenvalue weighted by atomic mass is 11.6. The van der Waals surface area contributed by atoms with Gasteiger partial charge in [0, 0.05) is 0 Å². The van der Waals surface area contributed by atoms with Gasteiger partial charge in [-0.25, -0.2) is 0 Å². The SMILES string of the molecule is O=S(=O)(O)C(F)(F)F.O=S(=O)(OS(=O)(=O)C(F)(F)F)C(F)(F)F. The molecule has 0 atom stereocenters. The minimum Gasteiger partial charge on any atom is -0.279 e. The Hall–Kier alpha value is -0.860. The van der Waals surface area contributed by atoms with E-state index >= 15 is 0 Å². The molecule has 8 nitrogen and oxygen atoms in total. The molecule has 0 amide bonds. The van der Waals surface area contributed by atoms with E-state index in [1.807, 2.05) is 3.63 Å². The maximum Gasteiger partial charge on any atom is 0.524 e. The molecular formula is C3HF9O8S3. The molecule has 0 aliphatic carbocycles. The van der Waals surface area contributed by atoms with Crippen molar-refractivity contribution in [3.8, 4) is 0 Å². The number of alkyl halides is 9. The molecule has 0 saturated heterocycles. The lowest BCUT2D eigenvalue weighted by Crippen LogP contribution is -2.34. The van der Waals surface area contributed by atoms with Crippen LogP contribution in [0.25, 0.3) is 0 Å². The molecule has 0 heterocycles. The van der Waals surface area contributed by atoms with Crippen LogP contribution < -0.4 is 0 Å². The molecule has 0 bridgehead atoms. The normalized spacial score (nSPS) is 14.9. The summed E-state index contributed by atoms with van der Waals surface area (Å²) in [6.07, 6.45) is 0. The van der Waals surface area contributed by atoms with E-state index in [1.165, 1.54) is 0 Å². The molecular weight excluding hydrogens is 431 g/mol. The van der Waals surface area contributed by atoms with Crippen LogP contribution in [0, 0.1) is 0 Å². The van der Waals surface area contributed by atoms with E-state index in [0.717, 1.165) is 0 Å². The first-order chi connectivity index (χ1) is 9.46. The second kappa shape index (κ2) is 6.57. The van der Waals surface area contributed by atoms with Crippen molar-refractivity contribution in [1.29, 1.82) is 0 Å². The Labute approximate surface area is 120 Å². The molecule has 142 valence electrons. The van der Waals surface area contributed by atoms with Crippen LogP contribution in [0.15, 0.2) is 0 Å². The van der Waals surface area contributed by atoms with Crippen LogP contribution in [-0.2, 0) is 34.0 Å². The molecule has 1 N–H and O–H groups in total. The van der Waals surface area contributed by atoms with Gasteiger partial charge in [0.15, 0.2) is 0 Å². The van der Waals surface area contributed by atoms with E-state index in [4.69, 9.17) is 13.0 Å². The number of hydrogen-bond donors (Lipinski definition) is 1. The lowest BCUT2D eigenvalue weighted by Gasteiger charge is -2.09. The van der Waals surface area contributed by atoms with Crippen LogP contribution in [0.5, 0.6) is 0 Å². The van der Waals surface area contributed by atoms with Gasteiger partial charge < -0.3 is 0 Å². The molecule has 0 unspecified atom stereocenters. The fraction of sp³-hybridized carbons (Fsp3) is 1.00. The minimum absolute atomic E-state index is 2.05. The molecule has 23 heavy (non-hydrogen) atoms. The maximum absolute atomic E-state index is 11.4. The Morgan fingerprint density at radius 3 is 0.826 bits per heavy atom. The molecule has 0 aromatic carbocycles. The van der Waals surface area contributed by atoms with Gasteiger partial charge in [0.2, 0.25) is 0 Å². The van der Waals surface area contributed by atoms with Crippen molar-refractivity contribution in [3.63, 3.8) is 0 Å². The zero-order valence-corrected chi connectivity index (χ0v) is 11.9. The van der Waals surface area contributed by atoms with E-state index < -0.39 is 46.9 Å². The van der Waals surface area contributed by atoms with Crippen molar-refractivity contribution in [2.45, 2.75) is 16.5 Å². The highest BCUT2D eigenvalue weighted by atomic mass is 32.3. The second-order valence-corrected chi connectivity index (χ2v) is 7.49. The highest BCUT2D eigenvalue weighted by molar-refractivity contribution is 8.00. The van der Waals surface area contributed by atoms with Gasteiger partial charge in [0.05, 0.1) is 0 Å². The fourth-order valence-electron chi connectivity index (χ4n) is 0.195. The van der Waals surface area contributed by atoms with Crippen molar-refractivity contribution in [2.75, 3.05) is 0 Å². The Morgan fingerprint density at radius 2 is 0.739 bits per heavy atom. The Morgan fingerprint density at radius 1 is 0.565 bits per heavy atom. The molecule has 0 saturated carbocycles. The third kappa shape index (κ3) is 7.50. The van der Waals surface area contributed by atoms with Gasteiger partial charge in [-0.2, -0.15) is 64.8 Å². The Kier molecular flexibility index (Phi) is 6.96. The van der Waals surface area contributed by atoms with Crippen LogP contribution in [0.1, 0.15) is 0 Å². The molecule has 0 rings (SSSR count). The Balaban J connectivity index is 0. The van der Waals surface area contributed by atoms with Crippen LogP contribution in [0.3, 0.4) is 0 Å². The van der Waals surface area contributed by atoms with Crippen molar-refractivity contribution in [1.82, 2.24) is 0 Å². The largest absolute Gasteiger partial charge is 0.524 e. The van der Waals surface area contributed by atoms with Gasteiger partial charge in [-0.1, -0.05) is 0 Å². The summed E-state index contributed by atoms with van der Waals surface area (Å²) in [6.45, 7) is 0. The standard InChI is InChI=1S/C2F6O5S2.CHF3O3S/c3-1(4,5)14(9,10)13-15(11,12)2(6,7)8;2-1(3,4)8(5,6)7/h;(H,5,6,7). The van der Waals surface area contributed by atoms with Crippen LogP contribution in [-0.4, -0.2) is 46.3 Å². The summed E-state index contributed by atoms with van der Waals surface area (Å²) in [5, 5.41) is 0. The number of hydrogen-bond acceptors (Lipinski definition) is 7. The zero-order valence-electron chi connectivity index (χ0n) is 9.43. The topological polar surface area (TPSA) is 132 Å². The summed E-state index contributed by atoms with van der Waals surface area (Å²) in [5.74, 6) is 0. The first-order valence-corrected chi connectivity index (χ1v) is 8.09. The summed E-state index contributed by atoms with van der Waals surface area (Å²) in [6, 6.07) is 0. The van der Waals surface area contributed by atoms with Gasteiger partial charge in [0.25, 0.3) is 0 Å². The van der Waals surface area contributed by atoms with Gasteiger partial charge in [-0.05, 0) is 0 Å². The molecule has 0 aromatic rings. The average Bonchev–Trinajstić information content (AvgIpc) is 2.08. The summed E-state index contributed by atoms with van der Waals surface area (Å²) in [4.78, 5) is 0. The summed E-state index contributed by atoms with van der Waals surface area (Å²) < 4.78 is 168. The van der Waals surface area contributed by atoms with Crippen molar-refractivity contribution < 1.29 is 72.9 Å². The predicted molar refractivity (Wildman–Crippen MR) is 48.6 cm³/mol. The third-order valence-corrected chi connectivity index (χ3v) is 4.19. The van der Waals surface area contributed by atoms with Gasteiger partial charge in [-0.15, -0.1) is 3.63 Å². The van der Waals surface area contributed by atoms with E-state index in [-0.39, 0.29) is 0 Å². The monoisotopic (exact) mass is 432 g/mol. The molecule has 20 heteroatoms. The maximum atomic E-state index is 11.4. The second-order valence-electron chi connectivity index (χ2n) is 2.79. The smallest absolute Gasteiger partial charge is 0.279 e. The quantitative estimate of drug-likeness (QED) is 0.390. The fourth-order valence-corrected chi connectivity index (χ4v) is 1.76. The van der Waals surface area contributed by atoms with Gasteiger partial charge in [-0.3, -0.25) is 4.55 Å². The predicted octanol–water partition coefficient (Wildman–Crippen LogP) is 1.10. The minimum atomic E-state index is -6.85. The van der Waals surface area contributed by atoms with Gasteiger partial charge in [0.1, 0.15) is 0 Å². The lowest BCUT2D eigenvalue weighted by molar-refractivity contribution is -0.0586. The van der Waals surface area contributed by atoms with Crippen molar-refractivity contribution in [2.24, 2.45) is 0 Å². The van der Waals surface area contributed by atoms with Crippen molar-refractivity contribution in [3.05, 3.63) is 0 Å². The number of halogens is 9. The first kappa shape index (κ1) is 24.4. The summed E-state index contributed by atoms with van der Waals surface area (Å²) in [7, 11) is -19.5. The van der Waals surface area contributed by atoms with Gasteiger partial charge >= 0.3 is 46.9 Å². The average molecular weight is 432 g/mol. The number of rotatable bonds is 2. The molecule has 0 aliphatic rings. The third-order valence-electron chi connectivity index (χ3n) is 1.04. The van der Waals surface area contributed by atoms with E-state index in [0.29, 0.717) is 0 Å². The molecule has 0 spiro atoms. The Bertz CT molecular complexity index is 661. The first-order valence-electron chi connectivity index (χ1n) is 3.83. The molecule has 0 aliphatic heterocycles. The highest BCUT2D eigenvalue weighted by Gasteiger charge is 2.57. The summed E-state index contributed by atoms with van der Waals surface area (Å²) >= 11 is 0. The van der Waals surface area contributed by atoms with E-state index in [1.54, 1.807) is 0 Å². The zero-order chi connectivity index (χ0) is 19.7. The summed E-state index contributed by atoms with van der Waals surface area (Å²) in [5.41, 5.74) is -18.1. The molecule has 0 fully saturated rings. The van der Waals surface area contributed by atoms with Crippen molar-refractivity contribution >= 4 is 30.4 Å².